The van der Waals surface area contributed by atoms with Crippen molar-refractivity contribution >= 4 is 0 Å². The van der Waals surface area contributed by atoms with E-state index in [9.17, 15) is 0 Å². The molecule has 1 fully saturated rings. The van der Waals surface area contributed by atoms with Gasteiger partial charge in [-0.15, -0.1) is 0 Å². The first-order valence-corrected chi connectivity index (χ1v) is 6.60. The molecule has 1 saturated heterocycles. The van der Waals surface area contributed by atoms with E-state index in [1.165, 1.54) is 0 Å². The van der Waals surface area contributed by atoms with E-state index in [2.05, 4.69) is 37.9 Å². The molecule has 4 nitrogen and oxygen atoms in total. The molecule has 1 heterocycles. The number of morpholine rings is 1. The Morgan fingerprint density at radius 2 is 2.24 bits per heavy atom. The topological polar surface area (TPSA) is 33.7 Å². The van der Waals surface area contributed by atoms with Gasteiger partial charge in [0.1, 0.15) is 0 Å². The summed E-state index contributed by atoms with van der Waals surface area (Å²) in [6.45, 7) is 13.3. The minimum Gasteiger partial charge on any atom is -0.383 e. The van der Waals surface area contributed by atoms with E-state index in [1.807, 2.05) is 0 Å². The zero-order chi connectivity index (χ0) is 12.9. The van der Waals surface area contributed by atoms with Crippen molar-refractivity contribution in [3.63, 3.8) is 0 Å². The van der Waals surface area contributed by atoms with Gasteiger partial charge < -0.3 is 14.8 Å². The van der Waals surface area contributed by atoms with Gasteiger partial charge >= 0.3 is 0 Å². The van der Waals surface area contributed by atoms with Crippen molar-refractivity contribution in [2.75, 3.05) is 39.9 Å². The van der Waals surface area contributed by atoms with E-state index in [4.69, 9.17) is 9.47 Å². The maximum atomic E-state index is 5.93. The van der Waals surface area contributed by atoms with E-state index in [1.54, 1.807) is 7.11 Å². The number of hydrogen-bond donors (Lipinski definition) is 1. The molecule has 0 amide bonds. The molecule has 0 aromatic carbocycles. The number of likely N-dealkylation sites (N-methyl/N-ethyl adjacent to an activating group) is 1. The van der Waals surface area contributed by atoms with Crippen LogP contribution in [0.3, 0.4) is 0 Å². The fraction of sp³-hybridized carbons (Fsp3) is 1.00. The van der Waals surface area contributed by atoms with Crippen molar-refractivity contribution in [1.82, 2.24) is 10.2 Å². The lowest BCUT2D eigenvalue weighted by molar-refractivity contribution is -0.141. The molecule has 0 saturated carbocycles. The Labute approximate surface area is 106 Å². The van der Waals surface area contributed by atoms with E-state index >= 15 is 0 Å². The van der Waals surface area contributed by atoms with Crippen LogP contribution in [0.1, 0.15) is 27.7 Å². The molecular formula is C13H28N2O2. The third-order valence-electron chi connectivity index (χ3n) is 3.10. The third-order valence-corrected chi connectivity index (χ3v) is 3.10. The standard InChI is InChI=1S/C13H28N2O2/c1-6-14-7-12(9-16-5)15-8-11(2)17-13(3,4)10-15/h11-12,14H,6-10H2,1-5H3. The SMILES string of the molecule is CCNCC(COC)N1CC(C)OC(C)(C)C1. The number of hydrogen-bond acceptors (Lipinski definition) is 4. The van der Waals surface area contributed by atoms with Crippen molar-refractivity contribution in [3.8, 4) is 0 Å². The molecule has 1 aliphatic heterocycles. The summed E-state index contributed by atoms with van der Waals surface area (Å²) in [7, 11) is 1.77. The van der Waals surface area contributed by atoms with Crippen molar-refractivity contribution in [3.05, 3.63) is 0 Å². The summed E-state index contributed by atoms with van der Waals surface area (Å²) < 4.78 is 11.3. The highest BCUT2D eigenvalue weighted by Crippen LogP contribution is 2.22. The highest BCUT2D eigenvalue weighted by molar-refractivity contribution is 4.87. The maximum Gasteiger partial charge on any atom is 0.0757 e. The Morgan fingerprint density at radius 1 is 1.53 bits per heavy atom. The van der Waals surface area contributed by atoms with Crippen LogP contribution in [-0.4, -0.2) is 62.5 Å². The van der Waals surface area contributed by atoms with E-state index in [0.717, 1.165) is 32.8 Å². The van der Waals surface area contributed by atoms with Crippen LogP contribution in [0.25, 0.3) is 0 Å². The first kappa shape index (κ1) is 14.9. The smallest absolute Gasteiger partial charge is 0.0757 e. The quantitative estimate of drug-likeness (QED) is 0.759. The van der Waals surface area contributed by atoms with Gasteiger partial charge in [0.2, 0.25) is 0 Å². The van der Waals surface area contributed by atoms with E-state index < -0.39 is 0 Å². The van der Waals surface area contributed by atoms with Crippen LogP contribution in [0.15, 0.2) is 0 Å². The second-order valence-corrected chi connectivity index (χ2v) is 5.53. The van der Waals surface area contributed by atoms with Crippen LogP contribution in [0.2, 0.25) is 0 Å². The molecule has 2 unspecified atom stereocenters. The van der Waals surface area contributed by atoms with Crippen molar-refractivity contribution in [1.29, 1.82) is 0 Å². The third kappa shape index (κ3) is 4.92. The van der Waals surface area contributed by atoms with Gasteiger partial charge in [-0.1, -0.05) is 6.92 Å². The monoisotopic (exact) mass is 244 g/mol. The molecule has 1 rings (SSSR count). The first-order valence-electron chi connectivity index (χ1n) is 6.60. The minimum absolute atomic E-state index is 0.0597. The number of rotatable bonds is 6. The molecule has 4 heteroatoms. The summed E-state index contributed by atoms with van der Waals surface area (Å²) in [5.74, 6) is 0. The lowest BCUT2D eigenvalue weighted by Crippen LogP contribution is -2.58. The van der Waals surface area contributed by atoms with Gasteiger partial charge in [0.15, 0.2) is 0 Å². The van der Waals surface area contributed by atoms with E-state index in [-0.39, 0.29) is 5.60 Å². The Bertz CT molecular complexity index is 221. The summed E-state index contributed by atoms with van der Waals surface area (Å²) in [4.78, 5) is 2.49. The van der Waals surface area contributed by atoms with Crippen molar-refractivity contribution in [2.24, 2.45) is 0 Å². The summed E-state index contributed by atoms with van der Waals surface area (Å²) >= 11 is 0. The van der Waals surface area contributed by atoms with Gasteiger partial charge in [0.25, 0.3) is 0 Å². The second-order valence-electron chi connectivity index (χ2n) is 5.53. The van der Waals surface area contributed by atoms with Gasteiger partial charge in [0.05, 0.1) is 18.3 Å². The van der Waals surface area contributed by atoms with Crippen molar-refractivity contribution in [2.45, 2.75) is 45.4 Å². The molecule has 0 bridgehead atoms. The highest BCUT2D eigenvalue weighted by atomic mass is 16.5. The molecule has 0 aromatic heterocycles. The first-order chi connectivity index (χ1) is 7.98. The molecule has 0 aliphatic carbocycles. The van der Waals surface area contributed by atoms with Crippen LogP contribution in [0.5, 0.6) is 0 Å². The largest absolute Gasteiger partial charge is 0.383 e. The summed E-state index contributed by atoms with van der Waals surface area (Å²) in [6, 6.07) is 0.436. The molecule has 2 atom stereocenters. The van der Waals surface area contributed by atoms with Crippen LogP contribution < -0.4 is 5.32 Å². The average Bonchev–Trinajstić information content (AvgIpc) is 2.21. The van der Waals surface area contributed by atoms with Crippen LogP contribution >= 0.6 is 0 Å². The Morgan fingerprint density at radius 3 is 2.76 bits per heavy atom. The van der Waals surface area contributed by atoms with Gasteiger partial charge in [-0.2, -0.15) is 0 Å². The molecule has 102 valence electrons. The second kappa shape index (κ2) is 6.69. The molecule has 0 aromatic rings. The Balaban J connectivity index is 2.58. The number of nitrogens with one attached hydrogen (secondary N) is 1. The molecule has 0 radical (unpaired) electrons. The number of nitrogens with zero attached hydrogens (tertiary/aromatic N) is 1. The number of ether oxygens (including phenoxy) is 2. The lowest BCUT2D eigenvalue weighted by atomic mass is 10.0. The molecule has 0 spiro atoms. The Kier molecular flexibility index (Phi) is 5.86. The fourth-order valence-corrected chi connectivity index (χ4v) is 2.58. The van der Waals surface area contributed by atoms with E-state index in [0.29, 0.717) is 12.1 Å². The van der Waals surface area contributed by atoms with Gasteiger partial charge in [-0.05, 0) is 27.3 Å². The molecular weight excluding hydrogens is 216 g/mol. The summed E-state index contributed by atoms with van der Waals surface area (Å²) in [6.07, 6.45) is 0.291. The van der Waals surface area contributed by atoms with Gasteiger partial charge in [-0.3, -0.25) is 4.90 Å². The lowest BCUT2D eigenvalue weighted by Gasteiger charge is -2.45. The zero-order valence-corrected chi connectivity index (χ0v) is 12.0. The predicted octanol–water partition coefficient (Wildman–Crippen LogP) is 1.11. The fourth-order valence-electron chi connectivity index (χ4n) is 2.58. The molecule has 1 N–H and O–H groups in total. The summed E-state index contributed by atoms with van der Waals surface area (Å²) in [5.41, 5.74) is -0.0597. The molecule has 17 heavy (non-hydrogen) atoms. The van der Waals surface area contributed by atoms with Gasteiger partial charge in [0, 0.05) is 32.8 Å². The molecule has 1 aliphatic rings. The van der Waals surface area contributed by atoms with Crippen LogP contribution in [-0.2, 0) is 9.47 Å². The zero-order valence-electron chi connectivity index (χ0n) is 12.0. The van der Waals surface area contributed by atoms with Crippen molar-refractivity contribution < 1.29 is 9.47 Å². The number of methoxy groups -OCH3 is 1. The maximum absolute atomic E-state index is 5.93. The Hall–Kier alpha value is -0.160. The normalized spacial score (nSPS) is 27.0. The predicted molar refractivity (Wildman–Crippen MR) is 70.4 cm³/mol. The van der Waals surface area contributed by atoms with Crippen LogP contribution in [0, 0.1) is 0 Å². The minimum atomic E-state index is -0.0597. The summed E-state index contributed by atoms with van der Waals surface area (Å²) in [5, 5.41) is 3.41. The highest BCUT2D eigenvalue weighted by Gasteiger charge is 2.34. The van der Waals surface area contributed by atoms with Crippen LogP contribution in [0.4, 0.5) is 0 Å². The average molecular weight is 244 g/mol. The van der Waals surface area contributed by atoms with Gasteiger partial charge in [-0.25, -0.2) is 0 Å².